The smallest absolute Gasteiger partial charge is 0.289 e. The molecule has 7 rings (SSSR count). The highest BCUT2D eigenvalue weighted by atomic mass is 15.3. The first kappa shape index (κ1) is 31.9. The molecule has 0 bridgehead atoms. The third kappa shape index (κ3) is 5.34. The van der Waals surface area contributed by atoms with E-state index in [0.29, 0.717) is 23.7 Å². The molecule has 48 heavy (non-hydrogen) atoms. The predicted octanol–water partition coefficient (Wildman–Crippen LogP) is 11.9. The Balaban J connectivity index is 1.58. The summed E-state index contributed by atoms with van der Waals surface area (Å²) in [6, 6.07) is 40.8. The van der Waals surface area contributed by atoms with Crippen LogP contribution in [0.15, 0.2) is 109 Å². The van der Waals surface area contributed by atoms with Crippen LogP contribution in [-0.2, 0) is 0 Å². The fourth-order valence-electron chi connectivity index (χ4n) is 7.92. The van der Waals surface area contributed by atoms with Crippen molar-refractivity contribution in [3.63, 3.8) is 0 Å². The Morgan fingerprint density at radius 3 is 1.67 bits per heavy atom. The summed E-state index contributed by atoms with van der Waals surface area (Å²) in [7, 11) is 0. The van der Waals surface area contributed by atoms with Gasteiger partial charge in [-0.15, -0.1) is 0 Å². The van der Waals surface area contributed by atoms with Crippen LogP contribution in [-0.4, -0.2) is 28.1 Å². The summed E-state index contributed by atoms with van der Waals surface area (Å²) >= 11 is 0. The van der Waals surface area contributed by atoms with Crippen LogP contribution in [0.4, 0.5) is 11.4 Å². The van der Waals surface area contributed by atoms with Crippen molar-refractivity contribution in [2.75, 3.05) is 18.0 Å². The van der Waals surface area contributed by atoms with E-state index >= 15 is 0 Å². The van der Waals surface area contributed by atoms with Crippen LogP contribution >= 0.6 is 0 Å². The average molecular weight is 633 g/mol. The highest BCUT2D eigenvalue weighted by Gasteiger charge is 2.40. The Hall–Kier alpha value is -4.63. The molecule has 0 unspecified atom stereocenters. The van der Waals surface area contributed by atoms with E-state index in [4.69, 9.17) is 0 Å². The van der Waals surface area contributed by atoms with Gasteiger partial charge in [-0.3, -0.25) is 0 Å². The summed E-state index contributed by atoms with van der Waals surface area (Å²) in [5.41, 5.74) is 13.4. The van der Waals surface area contributed by atoms with E-state index in [9.17, 15) is 0 Å². The molecule has 0 saturated carbocycles. The molecule has 6 aromatic rings. The molecule has 0 spiro atoms. The number of hydrogen-bond donors (Lipinski definition) is 0. The van der Waals surface area contributed by atoms with Gasteiger partial charge in [0.25, 0.3) is 5.84 Å². The summed E-state index contributed by atoms with van der Waals surface area (Å²) in [5, 5.41) is 2.57. The van der Waals surface area contributed by atoms with Crippen LogP contribution in [0.1, 0.15) is 107 Å². The molecule has 244 valence electrons. The largest absolute Gasteiger partial charge is 0.309 e. The van der Waals surface area contributed by atoms with Crippen LogP contribution in [0.5, 0.6) is 0 Å². The van der Waals surface area contributed by atoms with Crippen molar-refractivity contribution >= 4 is 39.0 Å². The zero-order valence-electron chi connectivity index (χ0n) is 30.0. The second-order valence-corrected chi connectivity index (χ2v) is 14.7. The van der Waals surface area contributed by atoms with E-state index in [0.717, 1.165) is 13.1 Å². The summed E-state index contributed by atoms with van der Waals surface area (Å²) in [5.74, 6) is 2.94. The van der Waals surface area contributed by atoms with E-state index in [1.54, 1.807) is 0 Å². The third-order valence-electron chi connectivity index (χ3n) is 10.2. The first-order valence-electron chi connectivity index (χ1n) is 17.9. The number of nitrogens with zero attached hydrogens (tertiary/aromatic N) is 3. The highest BCUT2D eigenvalue weighted by Crippen LogP contribution is 2.42. The zero-order chi connectivity index (χ0) is 33.7. The van der Waals surface area contributed by atoms with Gasteiger partial charge in [0.2, 0.25) is 0 Å². The number of benzene rings is 5. The van der Waals surface area contributed by atoms with Crippen molar-refractivity contribution in [3.8, 4) is 5.69 Å². The molecule has 3 nitrogen and oxygen atoms in total. The van der Waals surface area contributed by atoms with Crippen molar-refractivity contribution in [3.05, 3.63) is 137 Å². The molecular weight excluding hydrogens is 583 g/mol. The molecule has 1 aromatic heterocycles. The van der Waals surface area contributed by atoms with Crippen LogP contribution in [0.2, 0.25) is 0 Å². The minimum absolute atomic E-state index is 0.412. The van der Waals surface area contributed by atoms with Gasteiger partial charge in [-0.25, -0.2) is 9.48 Å². The maximum Gasteiger partial charge on any atom is 0.289 e. The molecule has 0 aliphatic carbocycles. The van der Waals surface area contributed by atoms with Gasteiger partial charge >= 0.3 is 0 Å². The van der Waals surface area contributed by atoms with Crippen molar-refractivity contribution in [1.29, 1.82) is 0 Å². The maximum absolute atomic E-state index is 2.67. The Morgan fingerprint density at radius 2 is 1.06 bits per heavy atom. The minimum Gasteiger partial charge on any atom is -0.309 e. The lowest BCUT2D eigenvalue weighted by molar-refractivity contribution is -0.429. The first-order valence-corrected chi connectivity index (χ1v) is 17.9. The highest BCUT2D eigenvalue weighted by molar-refractivity contribution is 6.15. The topological polar surface area (TPSA) is 11.2 Å². The maximum atomic E-state index is 2.67. The van der Waals surface area contributed by atoms with Gasteiger partial charge in [0.05, 0.1) is 16.6 Å². The van der Waals surface area contributed by atoms with Crippen molar-refractivity contribution in [2.45, 2.75) is 79.1 Å². The molecule has 3 heteroatoms. The van der Waals surface area contributed by atoms with Gasteiger partial charge < -0.3 is 4.57 Å². The van der Waals surface area contributed by atoms with E-state index in [-0.39, 0.29) is 0 Å². The van der Waals surface area contributed by atoms with Gasteiger partial charge in [-0.2, -0.15) is 0 Å². The number of hydrogen-bond acceptors (Lipinski definition) is 1. The van der Waals surface area contributed by atoms with Crippen molar-refractivity contribution in [1.82, 2.24) is 4.57 Å². The van der Waals surface area contributed by atoms with E-state index < -0.39 is 0 Å². The third-order valence-corrected chi connectivity index (χ3v) is 10.2. The lowest BCUT2D eigenvalue weighted by atomic mass is 9.91. The molecule has 5 aromatic carbocycles. The molecule has 0 fully saturated rings. The number of para-hydroxylation sites is 4. The molecule has 0 amide bonds. The van der Waals surface area contributed by atoms with E-state index in [2.05, 4.69) is 179 Å². The second-order valence-electron chi connectivity index (χ2n) is 14.7. The molecule has 0 saturated heterocycles. The summed E-state index contributed by atoms with van der Waals surface area (Å²) in [6.45, 7) is 20.6. The molecule has 2 heterocycles. The first-order chi connectivity index (χ1) is 23.2. The monoisotopic (exact) mass is 632 g/mol. The Morgan fingerprint density at radius 1 is 0.521 bits per heavy atom. The van der Waals surface area contributed by atoms with Gasteiger partial charge in [-0.1, -0.05) is 128 Å². The number of aromatic nitrogens is 1. The number of amidine groups is 1. The Bertz CT molecular complexity index is 2090. The van der Waals surface area contributed by atoms with Crippen LogP contribution < -0.4 is 4.90 Å². The quantitative estimate of drug-likeness (QED) is 0.152. The molecule has 0 atom stereocenters. The van der Waals surface area contributed by atoms with Crippen molar-refractivity contribution in [2.24, 2.45) is 0 Å². The number of anilines is 1. The zero-order valence-corrected chi connectivity index (χ0v) is 30.0. The second kappa shape index (κ2) is 12.8. The number of fused-ring (bicyclic) bond motifs is 3. The summed E-state index contributed by atoms with van der Waals surface area (Å²) < 4.78 is 5.09. The lowest BCUT2D eigenvalue weighted by Gasteiger charge is -2.24. The van der Waals surface area contributed by atoms with Gasteiger partial charge in [0.15, 0.2) is 0 Å². The molecule has 1 aliphatic rings. The predicted molar refractivity (Wildman–Crippen MR) is 206 cm³/mol. The van der Waals surface area contributed by atoms with E-state index in [1.807, 2.05) is 0 Å². The van der Waals surface area contributed by atoms with Crippen LogP contribution in [0, 0.1) is 0 Å². The SMILES string of the molecule is CC(C)c1cccc(C(C)C)c1N1CC[N+](c2c(C(C)C)cccc2C(C)C)=C1c1ccc2c(c1)c1ccccc1n2-c1ccccc1. The van der Waals surface area contributed by atoms with Crippen LogP contribution in [0.25, 0.3) is 27.5 Å². The standard InChI is InChI=1S/C45H50N3/c1-29(2)35-19-14-20-36(30(3)4)43(35)46-26-27-47(44-37(31(5)6)21-15-22-38(44)32(7)8)45(46)33-24-25-42-40(28-33)39-18-12-13-23-41(39)48(42)34-16-10-9-11-17-34/h9-25,28-32H,26-27H2,1-8H3/q+1. The van der Waals surface area contributed by atoms with Crippen molar-refractivity contribution < 1.29 is 4.58 Å². The van der Waals surface area contributed by atoms with Gasteiger partial charge in [-0.05, 0) is 60.1 Å². The minimum atomic E-state index is 0.412. The molecule has 0 N–H and O–H groups in total. The van der Waals surface area contributed by atoms with E-state index in [1.165, 1.54) is 72.5 Å². The number of rotatable bonds is 8. The summed E-state index contributed by atoms with van der Waals surface area (Å²) in [6.07, 6.45) is 0. The Labute approximate surface area is 287 Å². The fourth-order valence-corrected chi connectivity index (χ4v) is 7.92. The molecule has 0 radical (unpaired) electrons. The lowest BCUT2D eigenvalue weighted by Crippen LogP contribution is -2.32. The van der Waals surface area contributed by atoms with Crippen LogP contribution in [0.3, 0.4) is 0 Å². The Kier molecular flexibility index (Phi) is 8.50. The van der Waals surface area contributed by atoms with Gasteiger partial charge in [0.1, 0.15) is 24.5 Å². The molecular formula is C45H50N3+. The fraction of sp³-hybridized carbons (Fsp3) is 0.311. The summed E-state index contributed by atoms with van der Waals surface area (Å²) in [4.78, 5) is 2.67. The van der Waals surface area contributed by atoms with Gasteiger partial charge in [0, 0.05) is 38.7 Å². The normalized spacial score (nSPS) is 13.9. The average Bonchev–Trinajstić information content (AvgIpc) is 3.67. The molecule has 1 aliphatic heterocycles.